The van der Waals surface area contributed by atoms with Crippen LogP contribution in [0, 0.1) is 0 Å². The van der Waals surface area contributed by atoms with Crippen LogP contribution >= 0.6 is 23.8 Å². The number of ether oxygens (including phenoxy) is 3. The monoisotopic (exact) mass is 460 g/mol. The molecule has 1 amide bonds. The van der Waals surface area contributed by atoms with Crippen LogP contribution in [0.1, 0.15) is 31.4 Å². The minimum atomic E-state index is -0.288. The first-order valence-corrected chi connectivity index (χ1v) is 10.9. The summed E-state index contributed by atoms with van der Waals surface area (Å²) in [6.45, 7) is 5.40. The highest BCUT2D eigenvalue weighted by atomic mass is 35.5. The van der Waals surface area contributed by atoms with E-state index in [2.05, 4.69) is 29.7 Å². The van der Waals surface area contributed by atoms with Crippen LogP contribution in [0.2, 0.25) is 5.02 Å². The molecule has 0 aromatic heterocycles. The van der Waals surface area contributed by atoms with Crippen molar-refractivity contribution >= 4 is 40.9 Å². The highest BCUT2D eigenvalue weighted by Crippen LogP contribution is 2.37. The van der Waals surface area contributed by atoms with Crippen LogP contribution in [0.3, 0.4) is 0 Å². The lowest BCUT2D eigenvalue weighted by Crippen LogP contribution is -2.21. The summed E-state index contributed by atoms with van der Waals surface area (Å²) in [5.74, 6) is 1.53. The van der Waals surface area contributed by atoms with E-state index >= 15 is 0 Å². The molecular formula is C23H25ClN2O4S. The van der Waals surface area contributed by atoms with Gasteiger partial charge in [0.2, 0.25) is 0 Å². The van der Waals surface area contributed by atoms with E-state index in [1.807, 2.05) is 19.1 Å². The lowest BCUT2D eigenvalue weighted by molar-refractivity contribution is -0.115. The molecule has 0 atom stereocenters. The summed E-state index contributed by atoms with van der Waals surface area (Å²) in [5, 5.41) is 6.00. The maximum atomic E-state index is 11.9. The molecule has 31 heavy (non-hydrogen) atoms. The van der Waals surface area contributed by atoms with E-state index in [1.165, 1.54) is 5.56 Å². The number of aryl methyl sites for hydroxylation is 1. The topological polar surface area (TPSA) is 68.8 Å². The third kappa shape index (κ3) is 6.35. The number of hydrogen-bond acceptors (Lipinski definition) is 5. The van der Waals surface area contributed by atoms with Gasteiger partial charge in [-0.05, 0) is 67.0 Å². The lowest BCUT2D eigenvalue weighted by atomic mass is 10.1. The fourth-order valence-corrected chi connectivity index (χ4v) is 3.44. The SMILES string of the molecule is CCOc1cc(C=C2NC(=S)NC2=O)cc(Cl)c1OCCCOc1ccc(CC)cc1. The quantitative estimate of drug-likeness (QED) is 0.309. The first-order chi connectivity index (χ1) is 15.0. The van der Waals surface area contributed by atoms with Crippen LogP contribution in [0.25, 0.3) is 6.08 Å². The van der Waals surface area contributed by atoms with E-state index in [4.69, 9.17) is 38.0 Å². The van der Waals surface area contributed by atoms with E-state index in [9.17, 15) is 4.79 Å². The molecule has 0 bridgehead atoms. The molecule has 1 aliphatic rings. The van der Waals surface area contributed by atoms with Gasteiger partial charge in [-0.15, -0.1) is 0 Å². The van der Waals surface area contributed by atoms with Gasteiger partial charge in [-0.25, -0.2) is 0 Å². The Balaban J connectivity index is 1.60. The van der Waals surface area contributed by atoms with E-state index in [1.54, 1.807) is 18.2 Å². The number of carbonyl (C=O) groups is 1. The van der Waals surface area contributed by atoms with Crippen molar-refractivity contribution in [2.24, 2.45) is 0 Å². The maximum Gasteiger partial charge on any atom is 0.273 e. The van der Waals surface area contributed by atoms with E-state index in [0.717, 1.165) is 12.2 Å². The van der Waals surface area contributed by atoms with Gasteiger partial charge < -0.3 is 19.5 Å². The van der Waals surface area contributed by atoms with Gasteiger partial charge in [-0.3, -0.25) is 10.1 Å². The largest absolute Gasteiger partial charge is 0.493 e. The Morgan fingerprint density at radius 2 is 1.77 bits per heavy atom. The number of thiocarbonyl (C=S) groups is 1. The minimum Gasteiger partial charge on any atom is -0.493 e. The fraction of sp³-hybridized carbons (Fsp3) is 0.304. The molecule has 8 heteroatoms. The number of carbonyl (C=O) groups excluding carboxylic acids is 1. The molecule has 1 fully saturated rings. The van der Waals surface area contributed by atoms with Crippen LogP contribution < -0.4 is 24.8 Å². The van der Waals surface area contributed by atoms with Gasteiger partial charge in [0, 0.05) is 6.42 Å². The van der Waals surface area contributed by atoms with Gasteiger partial charge in [0.1, 0.15) is 11.4 Å². The molecule has 164 valence electrons. The molecule has 1 heterocycles. The Morgan fingerprint density at radius 3 is 2.42 bits per heavy atom. The molecule has 1 aliphatic heterocycles. The second-order valence-corrected chi connectivity index (χ2v) is 7.59. The average molecular weight is 461 g/mol. The summed E-state index contributed by atoms with van der Waals surface area (Å²) in [7, 11) is 0. The normalized spacial score (nSPS) is 14.4. The molecule has 0 aliphatic carbocycles. The second-order valence-electron chi connectivity index (χ2n) is 6.78. The van der Waals surface area contributed by atoms with E-state index < -0.39 is 0 Å². The number of hydrogen-bond donors (Lipinski definition) is 2. The number of nitrogens with one attached hydrogen (secondary N) is 2. The zero-order valence-corrected chi connectivity index (χ0v) is 19.1. The average Bonchev–Trinajstić information content (AvgIpc) is 3.06. The van der Waals surface area contributed by atoms with Crippen LogP contribution in [0.4, 0.5) is 0 Å². The number of rotatable bonds is 10. The molecule has 0 unspecified atom stereocenters. The molecule has 6 nitrogen and oxygen atoms in total. The van der Waals surface area contributed by atoms with Crippen molar-refractivity contribution < 1.29 is 19.0 Å². The summed E-state index contributed by atoms with van der Waals surface area (Å²) in [4.78, 5) is 11.9. The molecule has 0 radical (unpaired) electrons. The van der Waals surface area contributed by atoms with E-state index in [0.29, 0.717) is 54.0 Å². The Hall–Kier alpha value is -2.77. The summed E-state index contributed by atoms with van der Waals surface area (Å²) in [6.07, 6.45) is 3.35. The van der Waals surface area contributed by atoms with Gasteiger partial charge in [0.25, 0.3) is 5.91 Å². The molecule has 2 aromatic rings. The van der Waals surface area contributed by atoms with Crippen molar-refractivity contribution in [3.05, 3.63) is 58.2 Å². The molecule has 2 N–H and O–H groups in total. The Morgan fingerprint density at radius 1 is 1.03 bits per heavy atom. The van der Waals surface area contributed by atoms with E-state index in [-0.39, 0.29) is 11.0 Å². The van der Waals surface area contributed by atoms with Gasteiger partial charge >= 0.3 is 0 Å². The number of halogens is 1. The van der Waals surface area contributed by atoms with Crippen molar-refractivity contribution in [1.82, 2.24) is 10.6 Å². The minimum absolute atomic E-state index is 0.274. The number of amides is 1. The highest BCUT2D eigenvalue weighted by molar-refractivity contribution is 7.80. The fourth-order valence-electron chi connectivity index (χ4n) is 2.97. The summed E-state index contributed by atoms with van der Waals surface area (Å²) in [5.41, 5.74) is 2.32. The Labute approximate surface area is 192 Å². The smallest absolute Gasteiger partial charge is 0.273 e. The summed E-state index contributed by atoms with van der Waals surface area (Å²) >= 11 is 11.4. The first kappa shape index (κ1) is 22.9. The molecule has 2 aromatic carbocycles. The van der Waals surface area contributed by atoms with Crippen LogP contribution in [0.15, 0.2) is 42.1 Å². The predicted octanol–water partition coefficient (Wildman–Crippen LogP) is 4.49. The van der Waals surface area contributed by atoms with Crippen LogP contribution in [0.5, 0.6) is 17.2 Å². The van der Waals surface area contributed by atoms with Crippen molar-refractivity contribution in [2.75, 3.05) is 19.8 Å². The second kappa shape index (κ2) is 11.0. The van der Waals surface area contributed by atoms with Gasteiger partial charge in [-0.1, -0.05) is 30.7 Å². The summed E-state index contributed by atoms with van der Waals surface area (Å²) < 4.78 is 17.3. The van der Waals surface area contributed by atoms with Crippen molar-refractivity contribution in [3.8, 4) is 17.2 Å². The van der Waals surface area contributed by atoms with Crippen molar-refractivity contribution in [2.45, 2.75) is 26.7 Å². The highest BCUT2D eigenvalue weighted by Gasteiger charge is 2.20. The Kier molecular flexibility index (Phi) is 8.14. The molecule has 3 rings (SSSR count). The predicted molar refractivity (Wildman–Crippen MR) is 126 cm³/mol. The maximum absolute atomic E-state index is 11.9. The third-order valence-corrected chi connectivity index (χ3v) is 4.98. The van der Waals surface area contributed by atoms with Gasteiger partial charge in [0.05, 0.1) is 24.8 Å². The standard InChI is InChI=1S/C23H25ClN2O4S/c1-3-15-6-8-17(9-7-15)29-10-5-11-30-21-18(24)12-16(14-20(21)28-4-2)13-19-22(27)26-23(31)25-19/h6-9,12-14H,3-5,10-11H2,1-2H3,(H2,25,26,27,31). The van der Waals surface area contributed by atoms with Crippen LogP contribution in [-0.2, 0) is 11.2 Å². The molecular weight excluding hydrogens is 436 g/mol. The molecule has 0 saturated carbocycles. The Bertz CT molecular complexity index is 976. The van der Waals surface area contributed by atoms with Crippen molar-refractivity contribution in [3.63, 3.8) is 0 Å². The summed E-state index contributed by atoms with van der Waals surface area (Å²) in [6, 6.07) is 11.6. The number of benzene rings is 2. The zero-order valence-electron chi connectivity index (χ0n) is 17.5. The van der Waals surface area contributed by atoms with Gasteiger partial charge in [0.15, 0.2) is 16.6 Å². The molecule has 1 saturated heterocycles. The first-order valence-electron chi connectivity index (χ1n) is 10.1. The van der Waals surface area contributed by atoms with Gasteiger partial charge in [-0.2, -0.15) is 0 Å². The third-order valence-electron chi connectivity index (χ3n) is 4.50. The van der Waals surface area contributed by atoms with Crippen LogP contribution in [-0.4, -0.2) is 30.8 Å². The lowest BCUT2D eigenvalue weighted by Gasteiger charge is -2.15. The zero-order chi connectivity index (χ0) is 22.2. The molecule has 0 spiro atoms. The van der Waals surface area contributed by atoms with Crippen molar-refractivity contribution in [1.29, 1.82) is 0 Å².